The number of rotatable bonds is 18. The van der Waals surface area contributed by atoms with E-state index in [0.29, 0.717) is 16.7 Å². The molecule has 0 unspecified atom stereocenters. The van der Waals surface area contributed by atoms with Gasteiger partial charge in [-0.2, -0.15) is 0 Å². The fourth-order valence-corrected chi connectivity index (χ4v) is 8.47. The van der Waals surface area contributed by atoms with Crippen molar-refractivity contribution in [2.75, 3.05) is 19.6 Å². The third-order valence-corrected chi connectivity index (χ3v) is 12.1. The number of hydrogen-bond donors (Lipinski definition) is 14. The van der Waals surface area contributed by atoms with Crippen LogP contribution in [-0.2, 0) is 48.0 Å². The van der Waals surface area contributed by atoms with Gasteiger partial charge < -0.3 is 76.3 Å². The number of carbonyl (C=O) groups excluding carboxylic acids is 6. The molecule has 1 aliphatic rings. The number of nitrogens with two attached hydrogens (primary N) is 6. The molecule has 6 atom stereocenters. The molecule has 0 saturated carbocycles. The number of aromatic nitrogens is 2. The van der Waals surface area contributed by atoms with Crippen LogP contribution in [0.4, 0.5) is 0 Å². The van der Waals surface area contributed by atoms with Gasteiger partial charge in [-0.3, -0.25) is 43.7 Å². The zero-order valence-corrected chi connectivity index (χ0v) is 39.9. The number of H-pyrrole nitrogens is 2. The number of fused-ring (bicyclic) bond motifs is 2. The molecule has 1 fully saturated rings. The molecule has 23 heteroatoms. The molecule has 0 spiro atoms. The van der Waals surface area contributed by atoms with E-state index in [9.17, 15) is 28.8 Å². The van der Waals surface area contributed by atoms with Gasteiger partial charge in [0.2, 0.25) is 35.4 Å². The lowest BCUT2D eigenvalue weighted by atomic mass is 10.00. The molecular formula is C49H65N17O6. The van der Waals surface area contributed by atoms with E-state index in [2.05, 4.69) is 56.8 Å². The fraction of sp³-hybridized carbons (Fsp3) is 0.367. The summed E-state index contributed by atoms with van der Waals surface area (Å²) in [5.41, 5.74) is 37.1. The van der Waals surface area contributed by atoms with Crippen LogP contribution in [0.5, 0.6) is 0 Å². The zero-order chi connectivity index (χ0) is 51.6. The third-order valence-electron chi connectivity index (χ3n) is 12.1. The molecule has 6 rings (SSSR count). The van der Waals surface area contributed by atoms with Gasteiger partial charge in [-0.25, -0.2) is 0 Å². The van der Waals surface area contributed by atoms with Crippen molar-refractivity contribution in [1.82, 2.24) is 41.9 Å². The molecule has 23 nitrogen and oxygen atoms in total. The monoisotopic (exact) mass is 988 g/mol. The SMILES string of the molecule is NC(N)=NCCC[C@@H]1NC(=O)[C@H](Cc2ccccc2)NC(=O)[C@@H](CCCN=C(N)N)NC(=O)[C@H](CCCN=C(N)N)NC(=O)[C@H](Cc2c[nH]c3ccccc23)NC(=O)[C@H](Cc2c[nH]c3ccccc23)NC1=O. The lowest BCUT2D eigenvalue weighted by molar-refractivity contribution is -0.136. The summed E-state index contributed by atoms with van der Waals surface area (Å²) in [4.78, 5) is 107. The number of aliphatic imine (C=N–C) groups is 3. The molecule has 0 aliphatic carbocycles. The lowest BCUT2D eigenvalue weighted by Crippen LogP contribution is -2.62. The minimum Gasteiger partial charge on any atom is -0.370 e. The summed E-state index contributed by atoms with van der Waals surface area (Å²) in [5.74, 6) is -4.95. The van der Waals surface area contributed by atoms with E-state index in [1.54, 1.807) is 42.7 Å². The van der Waals surface area contributed by atoms with Crippen LogP contribution in [0.25, 0.3) is 21.8 Å². The largest absolute Gasteiger partial charge is 0.370 e. The van der Waals surface area contributed by atoms with Gasteiger partial charge in [0.05, 0.1) is 0 Å². The van der Waals surface area contributed by atoms with Crippen molar-refractivity contribution in [2.45, 2.75) is 94.0 Å². The van der Waals surface area contributed by atoms with E-state index in [-0.39, 0.29) is 95.3 Å². The molecule has 1 saturated heterocycles. The molecular weight excluding hydrogens is 923 g/mol. The van der Waals surface area contributed by atoms with Crippen LogP contribution in [0.15, 0.2) is 106 Å². The Labute approximate surface area is 415 Å². The summed E-state index contributed by atoms with van der Waals surface area (Å²) in [6.07, 6.45) is 3.96. The minimum absolute atomic E-state index is 0.00141. The predicted molar refractivity (Wildman–Crippen MR) is 275 cm³/mol. The van der Waals surface area contributed by atoms with E-state index in [1.807, 2.05) is 48.5 Å². The molecule has 0 radical (unpaired) electrons. The Morgan fingerprint density at radius 1 is 0.389 bits per heavy atom. The van der Waals surface area contributed by atoms with Gasteiger partial charge in [0.15, 0.2) is 17.9 Å². The van der Waals surface area contributed by atoms with Crippen LogP contribution in [0.1, 0.15) is 55.2 Å². The van der Waals surface area contributed by atoms with Crippen molar-refractivity contribution >= 4 is 75.1 Å². The van der Waals surface area contributed by atoms with Crippen LogP contribution >= 0.6 is 0 Å². The Balaban J connectivity index is 1.45. The Hall–Kier alpha value is -8.63. The summed E-state index contributed by atoms with van der Waals surface area (Å²) >= 11 is 0. The maximum absolute atomic E-state index is 14.9. The molecule has 382 valence electrons. The van der Waals surface area contributed by atoms with Gasteiger partial charge >= 0.3 is 0 Å². The third kappa shape index (κ3) is 15.4. The second kappa shape index (κ2) is 25.8. The van der Waals surface area contributed by atoms with Crippen LogP contribution in [-0.4, -0.2) is 119 Å². The van der Waals surface area contributed by atoms with Crippen LogP contribution in [0.2, 0.25) is 0 Å². The standard InChI is InChI=1S/C49H65N17O6/c50-47(51)56-20-8-17-35-41(67)61-36(18-9-21-57-48(52)53)42(68)64-38(23-28-11-2-1-3-12-28)44(70)62-37(19-10-22-58-49(54)55)43(69)65-40(25-30-27-60-34-16-7-5-14-32(30)34)46(72)66-39(45(71)63-35)24-29-26-59-33-15-6-4-13-31(29)33/h1-7,11-16,26-27,35-40,59-60H,8-10,17-25H2,(H,61,67)(H,62,70)(H,63,71)(H,64,68)(H,65,69)(H,66,72)(H4,50,51,56)(H4,52,53,57)(H4,54,55,58)/t35-,36+,37-,38-,39-,40-/m0/s1. The van der Waals surface area contributed by atoms with Crippen LogP contribution in [0.3, 0.4) is 0 Å². The average Bonchev–Trinajstić information content (AvgIpc) is 3.96. The molecule has 3 aromatic carbocycles. The number of para-hydroxylation sites is 2. The second-order valence-electron chi connectivity index (χ2n) is 17.5. The number of guanidine groups is 3. The summed E-state index contributed by atoms with van der Waals surface area (Å²) in [6, 6.07) is 15.9. The van der Waals surface area contributed by atoms with Crippen molar-refractivity contribution in [3.63, 3.8) is 0 Å². The number of amides is 6. The van der Waals surface area contributed by atoms with Crippen molar-refractivity contribution in [1.29, 1.82) is 0 Å². The first-order chi connectivity index (χ1) is 34.6. The van der Waals surface area contributed by atoms with Crippen LogP contribution < -0.4 is 66.3 Å². The number of carbonyl (C=O) groups is 6. The summed E-state index contributed by atoms with van der Waals surface area (Å²) < 4.78 is 0. The number of nitrogens with zero attached hydrogens (tertiary/aromatic N) is 3. The molecule has 6 amide bonds. The number of nitrogens with one attached hydrogen (secondary N) is 8. The Kier molecular flexibility index (Phi) is 18.9. The van der Waals surface area contributed by atoms with E-state index in [1.165, 1.54) is 0 Å². The molecule has 5 aromatic rings. The van der Waals surface area contributed by atoms with E-state index in [4.69, 9.17) is 34.4 Å². The first kappa shape index (κ1) is 52.7. The van der Waals surface area contributed by atoms with Crippen LogP contribution in [0, 0.1) is 0 Å². The molecule has 1 aliphatic heterocycles. The Morgan fingerprint density at radius 3 is 1.06 bits per heavy atom. The molecule has 20 N–H and O–H groups in total. The summed E-state index contributed by atoms with van der Waals surface area (Å²) in [7, 11) is 0. The highest BCUT2D eigenvalue weighted by molar-refractivity contribution is 5.99. The first-order valence-electron chi connectivity index (χ1n) is 23.8. The van der Waals surface area contributed by atoms with E-state index in [0.717, 1.165) is 21.8 Å². The highest BCUT2D eigenvalue weighted by Crippen LogP contribution is 2.22. The fourth-order valence-electron chi connectivity index (χ4n) is 8.47. The van der Waals surface area contributed by atoms with E-state index >= 15 is 0 Å². The topological polar surface area (TPSA) is 399 Å². The van der Waals surface area contributed by atoms with Gasteiger partial charge in [0.1, 0.15) is 36.3 Å². The number of aromatic amines is 2. The minimum atomic E-state index is -1.33. The molecule has 3 heterocycles. The summed E-state index contributed by atoms with van der Waals surface area (Å²) in [6.45, 7) is 0.301. The van der Waals surface area contributed by atoms with Gasteiger partial charge in [-0.1, -0.05) is 66.7 Å². The van der Waals surface area contributed by atoms with Gasteiger partial charge in [-0.15, -0.1) is 0 Å². The molecule has 0 bridgehead atoms. The zero-order valence-electron chi connectivity index (χ0n) is 39.9. The normalized spacial score (nSPS) is 20.4. The number of benzene rings is 3. The van der Waals surface area contributed by atoms with Crippen molar-refractivity contribution < 1.29 is 28.8 Å². The average molecular weight is 988 g/mol. The molecule has 2 aromatic heterocycles. The van der Waals surface area contributed by atoms with Gasteiger partial charge in [-0.05, 0) is 67.3 Å². The Morgan fingerprint density at radius 2 is 0.694 bits per heavy atom. The quantitative estimate of drug-likeness (QED) is 0.0279. The van der Waals surface area contributed by atoms with Crippen molar-refractivity contribution in [3.8, 4) is 0 Å². The maximum Gasteiger partial charge on any atom is 0.243 e. The predicted octanol–water partition coefficient (Wildman–Crippen LogP) is -1.24. The second-order valence-corrected chi connectivity index (χ2v) is 17.5. The molecule has 72 heavy (non-hydrogen) atoms. The van der Waals surface area contributed by atoms with Crippen molar-refractivity contribution in [3.05, 3.63) is 108 Å². The smallest absolute Gasteiger partial charge is 0.243 e. The highest BCUT2D eigenvalue weighted by atomic mass is 16.2. The summed E-state index contributed by atoms with van der Waals surface area (Å²) in [5, 5.41) is 18.6. The maximum atomic E-state index is 14.9. The van der Waals surface area contributed by atoms with E-state index < -0.39 is 71.7 Å². The Bertz CT molecular complexity index is 2760. The van der Waals surface area contributed by atoms with Gasteiger partial charge in [0.25, 0.3) is 0 Å². The lowest BCUT2D eigenvalue weighted by Gasteiger charge is -2.29. The van der Waals surface area contributed by atoms with Gasteiger partial charge in [0, 0.05) is 73.1 Å². The highest BCUT2D eigenvalue weighted by Gasteiger charge is 2.36. The van der Waals surface area contributed by atoms with Crippen molar-refractivity contribution in [2.24, 2.45) is 49.4 Å². The number of hydrogen-bond acceptors (Lipinski definition) is 9. The first-order valence-corrected chi connectivity index (χ1v) is 23.8.